The molecule has 2 heterocycles. The summed E-state index contributed by atoms with van der Waals surface area (Å²) in [7, 11) is 0. The van der Waals surface area contributed by atoms with Gasteiger partial charge in [-0.25, -0.2) is 0 Å². The van der Waals surface area contributed by atoms with Crippen molar-refractivity contribution in [1.82, 2.24) is 0 Å². The zero-order valence-corrected chi connectivity index (χ0v) is 42.8. The van der Waals surface area contributed by atoms with E-state index >= 15 is 0 Å². The predicted octanol–water partition coefficient (Wildman–Crippen LogP) is 17.4. The molecule has 0 fully saturated rings. The molecule has 0 saturated heterocycles. The van der Waals surface area contributed by atoms with Crippen LogP contribution >= 0.6 is 0 Å². The van der Waals surface area contributed by atoms with Gasteiger partial charge >= 0.3 is 0 Å². The monoisotopic (exact) mass is 847 g/mol. The normalized spacial score (nSPS) is 20.5. The molecule has 0 radical (unpaired) electrons. The number of benzene rings is 2. The van der Waals surface area contributed by atoms with Gasteiger partial charge in [0.1, 0.15) is 34.2 Å². The van der Waals surface area contributed by atoms with Crippen LogP contribution in [0.3, 0.4) is 0 Å². The molecule has 0 aromatic heterocycles. The molecule has 0 bridgehead atoms. The van der Waals surface area contributed by atoms with Crippen molar-refractivity contribution in [2.24, 2.45) is 35.5 Å². The van der Waals surface area contributed by atoms with Crippen LogP contribution in [0.1, 0.15) is 237 Å². The lowest BCUT2D eigenvalue weighted by Gasteiger charge is -2.38. The molecular formula is C57H98O4. The van der Waals surface area contributed by atoms with Gasteiger partial charge in [-0.3, -0.25) is 0 Å². The summed E-state index contributed by atoms with van der Waals surface area (Å²) in [5.74, 6) is 8.01. The van der Waals surface area contributed by atoms with Crippen LogP contribution < -0.4 is 9.47 Å². The summed E-state index contributed by atoms with van der Waals surface area (Å²) < 4.78 is 13.1. The summed E-state index contributed by atoms with van der Waals surface area (Å²) in [5.41, 5.74) is 7.39. The van der Waals surface area contributed by atoms with Gasteiger partial charge in [0.15, 0.2) is 0 Å². The average Bonchev–Trinajstić information content (AvgIpc) is 3.18. The van der Waals surface area contributed by atoms with Gasteiger partial charge in [-0.1, -0.05) is 145 Å². The molecule has 2 aliphatic heterocycles. The van der Waals surface area contributed by atoms with Crippen LogP contribution in [-0.2, 0) is 12.8 Å². The Balaban J connectivity index is 0.000000325. The Kier molecular flexibility index (Phi) is 21.9. The summed E-state index contributed by atoms with van der Waals surface area (Å²) >= 11 is 0. The lowest BCUT2D eigenvalue weighted by Crippen LogP contribution is -2.37. The second-order valence-electron chi connectivity index (χ2n) is 22.5. The van der Waals surface area contributed by atoms with E-state index in [2.05, 4.69) is 83.1 Å². The van der Waals surface area contributed by atoms with E-state index in [1.165, 1.54) is 114 Å². The first kappa shape index (κ1) is 53.0. The SMILES string of the molecule is Cc1c(C)c2c(c(C)c1O)CC[C@@](C)(CCC[C@H](C)CCC[C@H](C)CCCC(C)C)O2.Cc1c(O)cc2c(c1C)OC(C)(CCCC(C)CCCC(C)CCCC(C)C)CC2. The van der Waals surface area contributed by atoms with Crippen molar-refractivity contribution in [1.29, 1.82) is 0 Å². The van der Waals surface area contributed by atoms with Gasteiger partial charge in [-0.05, 0) is 175 Å². The van der Waals surface area contributed by atoms with E-state index in [0.717, 1.165) is 113 Å². The molecule has 0 spiro atoms. The third-order valence-corrected chi connectivity index (χ3v) is 15.3. The molecule has 350 valence electrons. The molecule has 4 rings (SSSR count). The van der Waals surface area contributed by atoms with Crippen molar-refractivity contribution >= 4 is 0 Å². The lowest BCUT2D eigenvalue weighted by atomic mass is 9.84. The number of hydrogen-bond acceptors (Lipinski definition) is 4. The van der Waals surface area contributed by atoms with Crippen molar-refractivity contribution < 1.29 is 19.7 Å². The van der Waals surface area contributed by atoms with Crippen molar-refractivity contribution in [3.8, 4) is 23.0 Å². The number of rotatable bonds is 24. The number of ether oxygens (including phenoxy) is 2. The van der Waals surface area contributed by atoms with E-state index in [9.17, 15) is 10.2 Å². The van der Waals surface area contributed by atoms with E-state index in [0.29, 0.717) is 11.5 Å². The number of fused-ring (bicyclic) bond motifs is 2. The zero-order valence-electron chi connectivity index (χ0n) is 42.8. The van der Waals surface area contributed by atoms with Gasteiger partial charge in [-0.15, -0.1) is 0 Å². The fraction of sp³-hybridized carbons (Fsp3) is 0.789. The largest absolute Gasteiger partial charge is 0.508 e. The molecular weight excluding hydrogens is 749 g/mol. The molecule has 61 heavy (non-hydrogen) atoms. The van der Waals surface area contributed by atoms with E-state index < -0.39 is 0 Å². The fourth-order valence-corrected chi connectivity index (χ4v) is 10.2. The quantitative estimate of drug-likeness (QED) is 0.110. The zero-order chi connectivity index (χ0) is 45.5. The standard InChI is InChI=1S/C29H50O2.C28H48O2/c1-20(2)12-9-13-21(3)14-10-15-22(4)16-11-18-29(8)19-17-26-25(7)27(30)23(5)24(6)28(26)31-29;1-20(2)11-8-12-21(3)13-9-14-22(4)15-10-17-28(7)18-16-25-19-26(29)23(5)24(6)27(25)30-28/h20-22,30H,9-19H2,1-8H3;19-22,29H,8-18H2,1-7H3/t21-,22-,29-;/m1./s1. The Morgan fingerprint density at radius 2 is 0.852 bits per heavy atom. The number of phenolic OH excluding ortho intramolecular Hbond substituents is 2. The van der Waals surface area contributed by atoms with Crippen LogP contribution in [0.2, 0.25) is 0 Å². The summed E-state index contributed by atoms with van der Waals surface area (Å²) in [6, 6.07) is 1.91. The van der Waals surface area contributed by atoms with E-state index in [1.54, 1.807) is 0 Å². The first-order valence-electron chi connectivity index (χ1n) is 25.7. The minimum absolute atomic E-state index is 0.0637. The topological polar surface area (TPSA) is 58.9 Å². The van der Waals surface area contributed by atoms with Crippen molar-refractivity contribution in [2.45, 2.75) is 256 Å². The average molecular weight is 847 g/mol. The molecule has 2 aromatic rings. The number of aromatic hydroxyl groups is 2. The van der Waals surface area contributed by atoms with Gasteiger partial charge in [0.25, 0.3) is 0 Å². The second kappa shape index (κ2) is 25.2. The molecule has 0 amide bonds. The van der Waals surface area contributed by atoms with Crippen LogP contribution in [0, 0.1) is 70.1 Å². The molecule has 0 saturated carbocycles. The third-order valence-electron chi connectivity index (χ3n) is 15.3. The maximum atomic E-state index is 10.4. The Morgan fingerprint density at radius 3 is 1.30 bits per heavy atom. The highest BCUT2D eigenvalue weighted by molar-refractivity contribution is 5.58. The number of hydrogen-bond donors (Lipinski definition) is 2. The molecule has 2 aliphatic rings. The highest BCUT2D eigenvalue weighted by atomic mass is 16.5. The van der Waals surface area contributed by atoms with Gasteiger partial charge < -0.3 is 19.7 Å². The second-order valence-corrected chi connectivity index (χ2v) is 22.5. The van der Waals surface area contributed by atoms with Crippen LogP contribution in [0.15, 0.2) is 6.07 Å². The maximum absolute atomic E-state index is 10.4. The Morgan fingerprint density at radius 1 is 0.475 bits per heavy atom. The van der Waals surface area contributed by atoms with Crippen LogP contribution in [-0.4, -0.2) is 21.4 Å². The minimum Gasteiger partial charge on any atom is -0.508 e. The van der Waals surface area contributed by atoms with Gasteiger partial charge in [0.05, 0.1) is 0 Å². The third kappa shape index (κ3) is 17.3. The smallest absolute Gasteiger partial charge is 0.127 e. The molecule has 6 atom stereocenters. The van der Waals surface area contributed by atoms with Crippen LogP contribution in [0.4, 0.5) is 0 Å². The molecule has 3 unspecified atom stereocenters. The molecule has 4 nitrogen and oxygen atoms in total. The summed E-state index contributed by atoms with van der Waals surface area (Å²) in [6.07, 6.45) is 28.1. The fourth-order valence-electron chi connectivity index (χ4n) is 10.2. The van der Waals surface area contributed by atoms with Crippen LogP contribution in [0.25, 0.3) is 0 Å². The lowest BCUT2D eigenvalue weighted by molar-refractivity contribution is 0.0509. The first-order valence-corrected chi connectivity index (χ1v) is 25.7. The van der Waals surface area contributed by atoms with Gasteiger partial charge in [0, 0.05) is 5.56 Å². The maximum Gasteiger partial charge on any atom is 0.127 e. The summed E-state index contributed by atoms with van der Waals surface area (Å²) in [4.78, 5) is 0. The summed E-state index contributed by atoms with van der Waals surface area (Å²) in [5, 5.41) is 20.5. The van der Waals surface area contributed by atoms with E-state index in [4.69, 9.17) is 9.47 Å². The van der Waals surface area contributed by atoms with Crippen LogP contribution in [0.5, 0.6) is 23.0 Å². The predicted molar refractivity (Wildman–Crippen MR) is 264 cm³/mol. The number of phenols is 2. The molecule has 2 N–H and O–H groups in total. The first-order chi connectivity index (χ1) is 28.6. The molecule has 4 heteroatoms. The number of aryl methyl sites for hydroxylation is 1. The van der Waals surface area contributed by atoms with E-state index in [1.807, 2.05) is 26.8 Å². The van der Waals surface area contributed by atoms with E-state index in [-0.39, 0.29) is 11.2 Å². The van der Waals surface area contributed by atoms with Gasteiger partial charge in [-0.2, -0.15) is 0 Å². The van der Waals surface area contributed by atoms with Crippen molar-refractivity contribution in [3.05, 3.63) is 45.0 Å². The highest BCUT2D eigenvalue weighted by Gasteiger charge is 2.35. The summed E-state index contributed by atoms with van der Waals surface area (Å²) in [6.45, 7) is 33.8. The highest BCUT2D eigenvalue weighted by Crippen LogP contribution is 2.45. The minimum atomic E-state index is -0.0712. The molecule has 0 aliphatic carbocycles. The molecule has 2 aromatic carbocycles. The van der Waals surface area contributed by atoms with Crippen molar-refractivity contribution in [3.63, 3.8) is 0 Å². The Bertz CT molecular complexity index is 1610. The Hall–Kier alpha value is -2.36. The Labute approximate surface area is 378 Å². The van der Waals surface area contributed by atoms with Crippen molar-refractivity contribution in [2.75, 3.05) is 0 Å². The van der Waals surface area contributed by atoms with Gasteiger partial charge in [0.2, 0.25) is 0 Å².